The van der Waals surface area contributed by atoms with Crippen molar-refractivity contribution in [3.05, 3.63) is 16.5 Å². The average molecular weight is 296 g/mol. The highest BCUT2D eigenvalue weighted by atomic mass is 79.9. The lowest BCUT2D eigenvalue weighted by molar-refractivity contribution is 0.568. The van der Waals surface area contributed by atoms with E-state index in [1.54, 1.807) is 0 Å². The predicted molar refractivity (Wildman–Crippen MR) is 72.3 cm³/mol. The SMILES string of the molecule is CCC1CCN(c2cc(Br)nc(C3CC3)n2)C1. The molecule has 3 rings (SSSR count). The molecular formula is C13H18BrN3. The van der Waals surface area contributed by atoms with Crippen molar-refractivity contribution in [1.82, 2.24) is 9.97 Å². The molecule has 1 aromatic rings. The first-order valence-electron chi connectivity index (χ1n) is 6.55. The third-order valence-electron chi connectivity index (χ3n) is 3.83. The molecule has 1 atom stereocenters. The maximum atomic E-state index is 4.73. The number of hydrogen-bond donors (Lipinski definition) is 0. The van der Waals surface area contributed by atoms with Gasteiger partial charge in [-0.05, 0) is 41.1 Å². The second-order valence-electron chi connectivity index (χ2n) is 5.19. The summed E-state index contributed by atoms with van der Waals surface area (Å²) < 4.78 is 0.935. The second-order valence-corrected chi connectivity index (χ2v) is 6.00. The van der Waals surface area contributed by atoms with Crippen LogP contribution in [0.2, 0.25) is 0 Å². The molecule has 17 heavy (non-hydrogen) atoms. The number of nitrogens with zero attached hydrogens (tertiary/aromatic N) is 3. The minimum Gasteiger partial charge on any atom is -0.356 e. The Morgan fingerprint density at radius 1 is 1.35 bits per heavy atom. The van der Waals surface area contributed by atoms with Gasteiger partial charge in [0.25, 0.3) is 0 Å². The van der Waals surface area contributed by atoms with Crippen LogP contribution in [0.3, 0.4) is 0 Å². The summed E-state index contributed by atoms with van der Waals surface area (Å²) in [5.74, 6) is 3.61. The summed E-state index contributed by atoms with van der Waals surface area (Å²) in [4.78, 5) is 11.6. The van der Waals surface area contributed by atoms with E-state index in [4.69, 9.17) is 4.98 Å². The minimum absolute atomic E-state index is 0.621. The first-order valence-corrected chi connectivity index (χ1v) is 7.35. The highest BCUT2D eigenvalue weighted by molar-refractivity contribution is 9.10. The van der Waals surface area contributed by atoms with E-state index in [9.17, 15) is 0 Å². The van der Waals surface area contributed by atoms with Gasteiger partial charge in [0.15, 0.2) is 0 Å². The van der Waals surface area contributed by atoms with Crippen LogP contribution in [0.4, 0.5) is 5.82 Å². The Hall–Kier alpha value is -0.640. The molecule has 2 heterocycles. The molecule has 4 heteroatoms. The van der Waals surface area contributed by atoms with Gasteiger partial charge in [0.2, 0.25) is 0 Å². The van der Waals surface area contributed by atoms with Crippen LogP contribution >= 0.6 is 15.9 Å². The molecule has 1 saturated heterocycles. The fraction of sp³-hybridized carbons (Fsp3) is 0.692. The lowest BCUT2D eigenvalue weighted by Crippen LogP contribution is -2.21. The van der Waals surface area contributed by atoms with Gasteiger partial charge in [-0.15, -0.1) is 0 Å². The molecule has 1 aromatic heterocycles. The van der Waals surface area contributed by atoms with Crippen molar-refractivity contribution in [1.29, 1.82) is 0 Å². The summed E-state index contributed by atoms with van der Waals surface area (Å²) >= 11 is 3.51. The maximum absolute atomic E-state index is 4.73. The fourth-order valence-corrected chi connectivity index (χ4v) is 2.87. The Kier molecular flexibility index (Phi) is 3.07. The van der Waals surface area contributed by atoms with Gasteiger partial charge < -0.3 is 4.90 Å². The Morgan fingerprint density at radius 2 is 2.18 bits per heavy atom. The average Bonchev–Trinajstić information content (AvgIpc) is 3.06. The first-order chi connectivity index (χ1) is 8.26. The van der Waals surface area contributed by atoms with Gasteiger partial charge in [-0.25, -0.2) is 9.97 Å². The summed E-state index contributed by atoms with van der Waals surface area (Å²) in [6.45, 7) is 4.58. The third kappa shape index (κ3) is 2.46. The molecule has 3 nitrogen and oxygen atoms in total. The van der Waals surface area contributed by atoms with E-state index in [2.05, 4.69) is 38.8 Å². The van der Waals surface area contributed by atoms with E-state index in [1.807, 2.05) is 0 Å². The second kappa shape index (κ2) is 4.56. The summed E-state index contributed by atoms with van der Waals surface area (Å²) in [5, 5.41) is 0. The smallest absolute Gasteiger partial charge is 0.135 e. The molecule has 0 radical (unpaired) electrons. The standard InChI is InChI=1S/C13H18BrN3/c1-2-9-5-6-17(8-9)12-7-11(14)15-13(16-12)10-3-4-10/h7,9-10H,2-6,8H2,1H3. The largest absolute Gasteiger partial charge is 0.356 e. The summed E-state index contributed by atoms with van der Waals surface area (Å²) in [7, 11) is 0. The van der Waals surface area contributed by atoms with E-state index in [0.29, 0.717) is 5.92 Å². The molecule has 2 fully saturated rings. The maximum Gasteiger partial charge on any atom is 0.135 e. The van der Waals surface area contributed by atoms with E-state index < -0.39 is 0 Å². The molecule has 92 valence electrons. The molecular weight excluding hydrogens is 278 g/mol. The van der Waals surface area contributed by atoms with Crippen LogP contribution in [0.5, 0.6) is 0 Å². The topological polar surface area (TPSA) is 29.0 Å². The van der Waals surface area contributed by atoms with Gasteiger partial charge >= 0.3 is 0 Å². The fourth-order valence-electron chi connectivity index (χ4n) is 2.48. The molecule has 2 aliphatic rings. The molecule has 1 aliphatic heterocycles. The molecule has 0 spiro atoms. The van der Waals surface area contributed by atoms with Crippen LogP contribution < -0.4 is 4.90 Å². The first kappa shape index (κ1) is 11.5. The van der Waals surface area contributed by atoms with Gasteiger partial charge in [-0.1, -0.05) is 13.3 Å². The minimum atomic E-state index is 0.621. The van der Waals surface area contributed by atoms with Gasteiger partial charge in [-0.3, -0.25) is 0 Å². The van der Waals surface area contributed by atoms with Gasteiger partial charge in [-0.2, -0.15) is 0 Å². The zero-order valence-corrected chi connectivity index (χ0v) is 11.8. The van der Waals surface area contributed by atoms with Crippen molar-refractivity contribution in [2.45, 2.75) is 38.5 Å². The summed E-state index contributed by atoms with van der Waals surface area (Å²) in [5.41, 5.74) is 0. The predicted octanol–water partition coefficient (Wildman–Crippen LogP) is 3.35. The molecule has 1 saturated carbocycles. The number of anilines is 1. The highest BCUT2D eigenvalue weighted by Gasteiger charge is 2.29. The Bertz CT molecular complexity index is 417. The van der Waals surface area contributed by atoms with Gasteiger partial charge in [0.1, 0.15) is 16.2 Å². The van der Waals surface area contributed by atoms with Gasteiger partial charge in [0, 0.05) is 25.1 Å². The third-order valence-corrected chi connectivity index (χ3v) is 4.23. The number of halogens is 1. The molecule has 0 bridgehead atoms. The van der Waals surface area contributed by atoms with Crippen molar-refractivity contribution in [2.75, 3.05) is 18.0 Å². The van der Waals surface area contributed by atoms with Crippen LogP contribution in [0, 0.1) is 5.92 Å². The monoisotopic (exact) mass is 295 g/mol. The van der Waals surface area contributed by atoms with Crippen LogP contribution in [-0.4, -0.2) is 23.1 Å². The van der Waals surface area contributed by atoms with E-state index in [0.717, 1.165) is 35.3 Å². The Balaban J connectivity index is 1.82. The van der Waals surface area contributed by atoms with Crippen molar-refractivity contribution in [3.63, 3.8) is 0 Å². The number of hydrogen-bond acceptors (Lipinski definition) is 3. The lowest BCUT2D eigenvalue weighted by Gasteiger charge is -2.18. The zero-order valence-electron chi connectivity index (χ0n) is 10.2. The molecule has 0 aromatic carbocycles. The number of aromatic nitrogens is 2. The van der Waals surface area contributed by atoms with Crippen molar-refractivity contribution in [2.24, 2.45) is 5.92 Å². The zero-order chi connectivity index (χ0) is 11.8. The normalized spacial score (nSPS) is 24.4. The number of rotatable bonds is 3. The van der Waals surface area contributed by atoms with Gasteiger partial charge in [0.05, 0.1) is 0 Å². The molecule has 0 amide bonds. The van der Waals surface area contributed by atoms with Crippen LogP contribution in [0.25, 0.3) is 0 Å². The highest BCUT2D eigenvalue weighted by Crippen LogP contribution is 2.39. The van der Waals surface area contributed by atoms with Crippen LogP contribution in [0.15, 0.2) is 10.7 Å². The van der Waals surface area contributed by atoms with Crippen molar-refractivity contribution >= 4 is 21.7 Å². The Morgan fingerprint density at radius 3 is 2.82 bits per heavy atom. The lowest BCUT2D eigenvalue weighted by atomic mass is 10.1. The summed E-state index contributed by atoms with van der Waals surface area (Å²) in [6, 6.07) is 2.06. The Labute approximate surface area is 111 Å². The van der Waals surface area contributed by atoms with Crippen molar-refractivity contribution < 1.29 is 0 Å². The van der Waals surface area contributed by atoms with Crippen molar-refractivity contribution in [3.8, 4) is 0 Å². The van der Waals surface area contributed by atoms with Crippen LogP contribution in [-0.2, 0) is 0 Å². The summed E-state index contributed by atoms with van der Waals surface area (Å²) in [6.07, 6.45) is 5.09. The van der Waals surface area contributed by atoms with Crippen LogP contribution in [0.1, 0.15) is 44.3 Å². The quantitative estimate of drug-likeness (QED) is 0.801. The molecule has 1 aliphatic carbocycles. The van der Waals surface area contributed by atoms with E-state index >= 15 is 0 Å². The molecule has 0 N–H and O–H groups in total. The molecule has 1 unspecified atom stereocenters. The van der Waals surface area contributed by atoms with E-state index in [1.165, 1.54) is 25.7 Å². The van der Waals surface area contributed by atoms with E-state index in [-0.39, 0.29) is 0 Å².